The SMILES string of the molecule is CSc1cc(C(F)(F)F)ccc1C(=O)c1c(C)nn(C)c1-c1c(C(=O)O)c(C)nn1C. The van der Waals surface area contributed by atoms with Gasteiger partial charge in [0.05, 0.1) is 28.2 Å². The first-order valence-corrected chi connectivity index (χ1v) is 10.2. The second kappa shape index (κ2) is 7.88. The molecule has 7 nitrogen and oxygen atoms in total. The number of carbonyl (C=O) groups excluding carboxylic acids is 1. The number of aromatic nitrogens is 4. The zero-order chi connectivity index (χ0) is 23.2. The van der Waals surface area contributed by atoms with Crippen LogP contribution >= 0.6 is 11.8 Å². The number of aromatic carboxylic acids is 1. The maximum absolute atomic E-state index is 13.5. The molecule has 0 atom stereocenters. The summed E-state index contributed by atoms with van der Waals surface area (Å²) in [5, 5.41) is 18.1. The van der Waals surface area contributed by atoms with Gasteiger partial charge in [-0.3, -0.25) is 14.2 Å². The Morgan fingerprint density at radius 1 is 1.00 bits per heavy atom. The number of hydrogen-bond donors (Lipinski definition) is 1. The molecule has 0 saturated heterocycles. The van der Waals surface area contributed by atoms with E-state index in [2.05, 4.69) is 10.2 Å². The van der Waals surface area contributed by atoms with Crippen LogP contribution in [0.3, 0.4) is 0 Å². The summed E-state index contributed by atoms with van der Waals surface area (Å²) >= 11 is 1.02. The summed E-state index contributed by atoms with van der Waals surface area (Å²) in [4.78, 5) is 25.5. The van der Waals surface area contributed by atoms with Crippen molar-refractivity contribution >= 4 is 23.5 Å². The van der Waals surface area contributed by atoms with Crippen LogP contribution in [0.25, 0.3) is 11.4 Å². The zero-order valence-electron chi connectivity index (χ0n) is 17.3. The Kier molecular flexibility index (Phi) is 5.74. The van der Waals surface area contributed by atoms with E-state index in [0.29, 0.717) is 5.69 Å². The summed E-state index contributed by atoms with van der Waals surface area (Å²) < 4.78 is 42.1. The third kappa shape index (κ3) is 3.85. The lowest BCUT2D eigenvalue weighted by atomic mass is 9.97. The molecule has 0 aliphatic rings. The van der Waals surface area contributed by atoms with E-state index < -0.39 is 23.5 Å². The van der Waals surface area contributed by atoms with Crippen LogP contribution in [-0.2, 0) is 20.3 Å². The predicted molar refractivity (Wildman–Crippen MR) is 109 cm³/mol. The molecule has 1 N–H and O–H groups in total. The molecule has 2 heterocycles. The van der Waals surface area contributed by atoms with Crippen molar-refractivity contribution in [3.63, 3.8) is 0 Å². The Bertz CT molecular complexity index is 1210. The van der Waals surface area contributed by atoms with Gasteiger partial charge in [0.2, 0.25) is 0 Å². The van der Waals surface area contributed by atoms with Gasteiger partial charge in [-0.2, -0.15) is 23.4 Å². The quantitative estimate of drug-likeness (QED) is 0.463. The van der Waals surface area contributed by atoms with Crippen molar-refractivity contribution in [1.82, 2.24) is 19.6 Å². The second-order valence-corrected chi connectivity index (χ2v) is 7.76. The highest BCUT2D eigenvalue weighted by Crippen LogP contribution is 2.36. The summed E-state index contributed by atoms with van der Waals surface area (Å²) in [7, 11) is 3.12. The highest BCUT2D eigenvalue weighted by molar-refractivity contribution is 7.98. The van der Waals surface area contributed by atoms with Crippen molar-refractivity contribution in [2.45, 2.75) is 24.9 Å². The molecule has 164 valence electrons. The molecular weight excluding hydrogens is 433 g/mol. The number of thioether (sulfide) groups is 1. The predicted octanol–water partition coefficient (Wildman–Crippen LogP) is 4.11. The summed E-state index contributed by atoms with van der Waals surface area (Å²) in [6.45, 7) is 3.13. The number of ketones is 1. The smallest absolute Gasteiger partial charge is 0.416 e. The molecule has 0 aliphatic heterocycles. The van der Waals surface area contributed by atoms with Crippen molar-refractivity contribution in [2.75, 3.05) is 6.26 Å². The normalized spacial score (nSPS) is 11.7. The van der Waals surface area contributed by atoms with E-state index in [-0.39, 0.29) is 38.7 Å². The number of alkyl halides is 3. The lowest BCUT2D eigenvalue weighted by molar-refractivity contribution is -0.137. The monoisotopic (exact) mass is 452 g/mol. The Labute approximate surface area is 179 Å². The highest BCUT2D eigenvalue weighted by Gasteiger charge is 2.33. The molecule has 3 rings (SSSR count). The Morgan fingerprint density at radius 2 is 1.52 bits per heavy atom. The topological polar surface area (TPSA) is 90.0 Å². The molecule has 0 fully saturated rings. The van der Waals surface area contributed by atoms with E-state index >= 15 is 0 Å². The lowest BCUT2D eigenvalue weighted by Crippen LogP contribution is -2.12. The standard InChI is InChI=1S/C20H19F3N4O3S/c1-9-14(18(28)12-7-6-11(20(21,22)23)8-13(12)31-5)16(26(3)24-9)17-15(19(29)30)10(2)25-27(17)4/h6-8H,1-5H3,(H,29,30). The molecule has 3 aromatic rings. The van der Waals surface area contributed by atoms with Gasteiger partial charge < -0.3 is 5.11 Å². The molecule has 11 heteroatoms. The molecule has 0 saturated carbocycles. The van der Waals surface area contributed by atoms with Crippen LogP contribution in [0.15, 0.2) is 23.1 Å². The van der Waals surface area contributed by atoms with E-state index in [1.54, 1.807) is 34.2 Å². The lowest BCUT2D eigenvalue weighted by Gasteiger charge is -2.13. The van der Waals surface area contributed by atoms with E-state index in [1.807, 2.05) is 0 Å². The van der Waals surface area contributed by atoms with Gasteiger partial charge >= 0.3 is 12.1 Å². The van der Waals surface area contributed by atoms with Crippen molar-refractivity contribution < 1.29 is 27.9 Å². The number of carboxylic acids is 1. The van der Waals surface area contributed by atoms with Crippen LogP contribution in [0, 0.1) is 13.8 Å². The molecule has 2 aromatic heterocycles. The number of hydrogen-bond acceptors (Lipinski definition) is 5. The number of halogens is 3. The molecular formula is C20H19F3N4O3S. The number of rotatable bonds is 5. The number of carboxylic acid groups (broad SMARTS) is 1. The summed E-state index contributed by atoms with van der Waals surface area (Å²) in [6, 6.07) is 2.93. The molecule has 0 bridgehead atoms. The van der Waals surface area contributed by atoms with Crippen molar-refractivity contribution in [3.8, 4) is 11.4 Å². The van der Waals surface area contributed by atoms with Crippen molar-refractivity contribution in [2.24, 2.45) is 14.1 Å². The average Bonchev–Trinajstić information content (AvgIpc) is 3.13. The maximum Gasteiger partial charge on any atom is 0.416 e. The van der Waals surface area contributed by atoms with Gasteiger partial charge in [-0.25, -0.2) is 4.79 Å². The first-order chi connectivity index (χ1) is 14.4. The van der Waals surface area contributed by atoms with Crippen molar-refractivity contribution in [1.29, 1.82) is 0 Å². The van der Waals surface area contributed by atoms with Gasteiger partial charge in [0, 0.05) is 24.6 Å². The van der Waals surface area contributed by atoms with E-state index in [9.17, 15) is 27.9 Å². The first kappa shape index (κ1) is 22.6. The van der Waals surface area contributed by atoms with Crippen LogP contribution in [0.1, 0.15) is 43.2 Å². The molecule has 31 heavy (non-hydrogen) atoms. The van der Waals surface area contributed by atoms with Gasteiger partial charge in [-0.05, 0) is 38.3 Å². The van der Waals surface area contributed by atoms with E-state index in [0.717, 1.165) is 30.0 Å². The third-order valence-electron chi connectivity index (χ3n) is 4.88. The fraction of sp³-hybridized carbons (Fsp3) is 0.300. The van der Waals surface area contributed by atoms with Crippen LogP contribution in [-0.4, -0.2) is 42.7 Å². The molecule has 0 spiro atoms. The van der Waals surface area contributed by atoms with Crippen LogP contribution in [0.4, 0.5) is 13.2 Å². The number of benzene rings is 1. The van der Waals surface area contributed by atoms with Gasteiger partial charge in [-0.1, -0.05) is 0 Å². The Morgan fingerprint density at radius 3 is 2.00 bits per heavy atom. The van der Waals surface area contributed by atoms with E-state index in [4.69, 9.17) is 0 Å². The van der Waals surface area contributed by atoms with Gasteiger partial charge in [0.25, 0.3) is 0 Å². The Hall–Kier alpha value is -3.08. The van der Waals surface area contributed by atoms with Crippen LogP contribution < -0.4 is 0 Å². The Balaban J connectivity index is 2.26. The fourth-order valence-electron chi connectivity index (χ4n) is 3.58. The number of carbonyl (C=O) groups is 2. The maximum atomic E-state index is 13.5. The van der Waals surface area contributed by atoms with Gasteiger partial charge in [-0.15, -0.1) is 11.8 Å². The third-order valence-corrected chi connectivity index (χ3v) is 5.66. The van der Waals surface area contributed by atoms with Gasteiger partial charge in [0.15, 0.2) is 5.78 Å². The molecule has 0 amide bonds. The highest BCUT2D eigenvalue weighted by atomic mass is 32.2. The number of aryl methyl sites for hydroxylation is 4. The van der Waals surface area contributed by atoms with Crippen LogP contribution in [0.2, 0.25) is 0 Å². The summed E-state index contributed by atoms with van der Waals surface area (Å²) in [5.41, 5.74) is 0.274. The minimum atomic E-state index is -4.54. The summed E-state index contributed by atoms with van der Waals surface area (Å²) in [5.74, 6) is -1.76. The average molecular weight is 452 g/mol. The first-order valence-electron chi connectivity index (χ1n) is 8.99. The second-order valence-electron chi connectivity index (χ2n) is 6.91. The molecule has 1 aromatic carbocycles. The molecule has 0 radical (unpaired) electrons. The van der Waals surface area contributed by atoms with Crippen LogP contribution in [0.5, 0.6) is 0 Å². The van der Waals surface area contributed by atoms with E-state index in [1.165, 1.54) is 9.36 Å². The molecule has 0 unspecified atom stereocenters. The largest absolute Gasteiger partial charge is 0.478 e. The number of nitrogens with zero attached hydrogens (tertiary/aromatic N) is 4. The minimum absolute atomic E-state index is 0.0722. The van der Waals surface area contributed by atoms with Gasteiger partial charge in [0.1, 0.15) is 11.3 Å². The zero-order valence-corrected chi connectivity index (χ0v) is 18.1. The summed E-state index contributed by atoms with van der Waals surface area (Å²) in [6.07, 6.45) is -2.96. The van der Waals surface area contributed by atoms with Crippen molar-refractivity contribution in [3.05, 3.63) is 51.8 Å². The minimum Gasteiger partial charge on any atom is -0.478 e. The fourth-order valence-corrected chi connectivity index (χ4v) is 4.20. The molecule has 0 aliphatic carbocycles.